The summed E-state index contributed by atoms with van der Waals surface area (Å²) >= 11 is 12.2. The summed E-state index contributed by atoms with van der Waals surface area (Å²) in [4.78, 5) is 8.67. The van der Waals surface area contributed by atoms with E-state index in [0.29, 0.717) is 23.3 Å². The average molecular weight is 296 g/mol. The Morgan fingerprint density at radius 2 is 2.21 bits per heavy atom. The van der Waals surface area contributed by atoms with Gasteiger partial charge in [0, 0.05) is 0 Å². The Morgan fingerprint density at radius 1 is 1.37 bits per heavy atom. The predicted molar refractivity (Wildman–Crippen MR) is 74.6 cm³/mol. The molecule has 0 amide bonds. The van der Waals surface area contributed by atoms with Gasteiger partial charge in [0.15, 0.2) is 0 Å². The number of hydrogen-bond donors (Lipinski definition) is 0. The molecule has 98 valence electrons. The molecular weight excluding hydrogens is 285 g/mol. The average Bonchev–Trinajstić information content (AvgIpc) is 2.95. The second-order valence-corrected chi connectivity index (χ2v) is 4.89. The number of aromatic nitrogens is 3. The number of aryl methyl sites for hydroxylation is 1. The van der Waals surface area contributed by atoms with Crippen LogP contribution in [0.1, 0.15) is 17.5 Å². The molecule has 0 bridgehead atoms. The van der Waals surface area contributed by atoms with Crippen LogP contribution in [-0.4, -0.2) is 14.5 Å². The van der Waals surface area contributed by atoms with Crippen LogP contribution in [0.3, 0.4) is 0 Å². The molecule has 3 aromatic rings. The van der Waals surface area contributed by atoms with Crippen LogP contribution in [0.4, 0.5) is 0 Å². The lowest BCUT2D eigenvalue weighted by Gasteiger charge is -2.05. The van der Waals surface area contributed by atoms with E-state index in [2.05, 4.69) is 9.97 Å². The van der Waals surface area contributed by atoms with Crippen molar-refractivity contribution in [3.05, 3.63) is 46.9 Å². The van der Waals surface area contributed by atoms with Crippen molar-refractivity contribution in [3.8, 4) is 0 Å². The van der Waals surface area contributed by atoms with Crippen molar-refractivity contribution in [2.45, 2.75) is 19.3 Å². The molecule has 4 nitrogen and oxygen atoms in total. The maximum atomic E-state index is 6.25. The summed E-state index contributed by atoms with van der Waals surface area (Å²) < 4.78 is 7.44. The molecule has 0 spiro atoms. The number of oxazole rings is 1. The lowest BCUT2D eigenvalue weighted by molar-refractivity contribution is 0.457. The highest BCUT2D eigenvalue weighted by molar-refractivity contribution is 6.35. The van der Waals surface area contributed by atoms with Gasteiger partial charge in [0.25, 0.3) is 0 Å². The van der Waals surface area contributed by atoms with Gasteiger partial charge in [-0.05, 0) is 19.1 Å². The summed E-state index contributed by atoms with van der Waals surface area (Å²) in [5.74, 6) is 2.45. The van der Waals surface area contributed by atoms with Crippen molar-refractivity contribution >= 4 is 34.2 Å². The van der Waals surface area contributed by atoms with Gasteiger partial charge in [-0.1, -0.05) is 17.7 Å². The summed E-state index contributed by atoms with van der Waals surface area (Å²) in [6.45, 7) is 2.33. The van der Waals surface area contributed by atoms with Crippen LogP contribution in [0.5, 0.6) is 0 Å². The van der Waals surface area contributed by atoms with E-state index in [0.717, 1.165) is 22.6 Å². The number of imidazole rings is 1. The standard InChI is InChI=1S/C13H11Cl2N3O/c1-8-6-16-12(19-8)7-18-11(5-14)17-10-4-2-3-9(15)13(10)18/h2-4,6H,5,7H2,1H3. The number of benzene rings is 1. The van der Waals surface area contributed by atoms with Crippen molar-refractivity contribution in [2.24, 2.45) is 0 Å². The summed E-state index contributed by atoms with van der Waals surface area (Å²) in [5, 5.41) is 0.643. The van der Waals surface area contributed by atoms with Gasteiger partial charge in [-0.25, -0.2) is 9.97 Å². The number of rotatable bonds is 3. The van der Waals surface area contributed by atoms with E-state index < -0.39 is 0 Å². The highest BCUT2D eigenvalue weighted by atomic mass is 35.5. The Labute approximate surface area is 120 Å². The van der Waals surface area contributed by atoms with Gasteiger partial charge >= 0.3 is 0 Å². The van der Waals surface area contributed by atoms with Crippen LogP contribution < -0.4 is 0 Å². The Balaban J connectivity index is 2.15. The summed E-state index contributed by atoms with van der Waals surface area (Å²) in [5.41, 5.74) is 1.68. The molecule has 0 N–H and O–H groups in total. The predicted octanol–water partition coefficient (Wildman–Crippen LogP) is 3.77. The molecule has 0 aliphatic heterocycles. The summed E-state index contributed by atoms with van der Waals surface area (Å²) in [6.07, 6.45) is 1.69. The van der Waals surface area contributed by atoms with E-state index in [1.807, 2.05) is 29.7 Å². The first-order valence-electron chi connectivity index (χ1n) is 5.80. The normalized spacial score (nSPS) is 11.3. The topological polar surface area (TPSA) is 43.9 Å². The van der Waals surface area contributed by atoms with E-state index in [1.165, 1.54) is 0 Å². The first-order chi connectivity index (χ1) is 9.19. The molecule has 19 heavy (non-hydrogen) atoms. The Morgan fingerprint density at radius 3 is 2.89 bits per heavy atom. The molecule has 0 saturated carbocycles. The molecular formula is C13H11Cl2N3O. The zero-order valence-electron chi connectivity index (χ0n) is 10.2. The third-order valence-electron chi connectivity index (χ3n) is 2.88. The molecule has 0 aliphatic carbocycles. The van der Waals surface area contributed by atoms with Crippen molar-refractivity contribution < 1.29 is 4.42 Å². The molecule has 2 aromatic heterocycles. The molecule has 2 heterocycles. The second kappa shape index (κ2) is 4.87. The van der Waals surface area contributed by atoms with Crippen molar-refractivity contribution in [2.75, 3.05) is 0 Å². The minimum atomic E-state index is 0.310. The number of alkyl halides is 1. The molecule has 6 heteroatoms. The number of nitrogens with zero attached hydrogens (tertiary/aromatic N) is 3. The van der Waals surface area contributed by atoms with Gasteiger partial charge in [0.2, 0.25) is 5.89 Å². The lowest BCUT2D eigenvalue weighted by Crippen LogP contribution is -2.04. The van der Waals surface area contributed by atoms with Gasteiger partial charge in [-0.15, -0.1) is 11.6 Å². The molecule has 0 atom stereocenters. The van der Waals surface area contributed by atoms with E-state index in [1.54, 1.807) is 6.20 Å². The second-order valence-electron chi connectivity index (χ2n) is 4.22. The van der Waals surface area contributed by atoms with Crippen molar-refractivity contribution in [1.82, 2.24) is 14.5 Å². The summed E-state index contributed by atoms with van der Waals surface area (Å²) in [6, 6.07) is 5.62. The molecule has 1 aromatic carbocycles. The molecule has 0 saturated heterocycles. The minimum Gasteiger partial charge on any atom is -0.444 e. The third kappa shape index (κ3) is 2.22. The largest absolute Gasteiger partial charge is 0.444 e. The van der Waals surface area contributed by atoms with Gasteiger partial charge in [0.05, 0.1) is 28.1 Å². The number of fused-ring (bicyclic) bond motifs is 1. The fraction of sp³-hybridized carbons (Fsp3) is 0.231. The van der Waals surface area contributed by atoms with Crippen LogP contribution in [0, 0.1) is 6.92 Å². The Kier molecular flexibility index (Phi) is 3.21. The quantitative estimate of drug-likeness (QED) is 0.691. The van der Waals surface area contributed by atoms with Crippen LogP contribution in [0.25, 0.3) is 11.0 Å². The van der Waals surface area contributed by atoms with Crippen molar-refractivity contribution in [1.29, 1.82) is 0 Å². The molecule has 3 rings (SSSR count). The fourth-order valence-corrected chi connectivity index (χ4v) is 2.55. The van der Waals surface area contributed by atoms with E-state index in [9.17, 15) is 0 Å². The molecule has 0 unspecified atom stereocenters. The van der Waals surface area contributed by atoms with E-state index in [-0.39, 0.29) is 0 Å². The van der Waals surface area contributed by atoms with Gasteiger partial charge in [-0.2, -0.15) is 0 Å². The third-order valence-corrected chi connectivity index (χ3v) is 3.42. The lowest BCUT2D eigenvalue weighted by atomic mass is 10.3. The van der Waals surface area contributed by atoms with E-state index in [4.69, 9.17) is 27.6 Å². The van der Waals surface area contributed by atoms with Gasteiger partial charge in [0.1, 0.15) is 18.1 Å². The van der Waals surface area contributed by atoms with Crippen LogP contribution >= 0.6 is 23.2 Å². The highest BCUT2D eigenvalue weighted by Crippen LogP contribution is 2.26. The van der Waals surface area contributed by atoms with Crippen LogP contribution in [0.15, 0.2) is 28.8 Å². The molecule has 0 fully saturated rings. The number of para-hydroxylation sites is 1. The summed E-state index contributed by atoms with van der Waals surface area (Å²) in [7, 11) is 0. The first-order valence-corrected chi connectivity index (χ1v) is 6.71. The highest BCUT2D eigenvalue weighted by Gasteiger charge is 2.14. The zero-order chi connectivity index (χ0) is 13.4. The SMILES string of the molecule is Cc1cnc(Cn2c(CCl)nc3cccc(Cl)c32)o1. The minimum absolute atomic E-state index is 0.310. The number of hydrogen-bond acceptors (Lipinski definition) is 3. The van der Waals surface area contributed by atoms with Gasteiger partial charge in [-0.3, -0.25) is 0 Å². The molecule has 0 radical (unpaired) electrons. The first kappa shape index (κ1) is 12.5. The van der Waals surface area contributed by atoms with Crippen molar-refractivity contribution in [3.63, 3.8) is 0 Å². The Hall–Kier alpha value is -1.52. The zero-order valence-corrected chi connectivity index (χ0v) is 11.7. The fourth-order valence-electron chi connectivity index (χ4n) is 2.07. The smallest absolute Gasteiger partial charge is 0.214 e. The van der Waals surface area contributed by atoms with Gasteiger partial charge < -0.3 is 8.98 Å². The number of halogens is 2. The van der Waals surface area contributed by atoms with E-state index >= 15 is 0 Å². The Bertz CT molecular complexity index is 733. The van der Waals surface area contributed by atoms with Crippen LogP contribution in [0.2, 0.25) is 5.02 Å². The maximum Gasteiger partial charge on any atom is 0.214 e. The molecule has 0 aliphatic rings. The van der Waals surface area contributed by atoms with Crippen LogP contribution in [-0.2, 0) is 12.4 Å². The monoisotopic (exact) mass is 295 g/mol. The maximum absolute atomic E-state index is 6.25.